The van der Waals surface area contributed by atoms with Crippen molar-refractivity contribution in [2.24, 2.45) is 11.8 Å². The maximum Gasteiger partial charge on any atom is 0.291 e. The van der Waals surface area contributed by atoms with Gasteiger partial charge in [-0.15, -0.1) is 0 Å². The summed E-state index contributed by atoms with van der Waals surface area (Å²) in [6.07, 6.45) is 7.89. The number of aromatic nitrogens is 1. The molecule has 0 aromatic carbocycles. The van der Waals surface area contributed by atoms with Gasteiger partial charge < -0.3 is 14.6 Å². The summed E-state index contributed by atoms with van der Waals surface area (Å²) in [5.74, 6) is 1.93. The van der Waals surface area contributed by atoms with Crippen LogP contribution in [0.15, 0.2) is 10.6 Å². The molecule has 2 aliphatic carbocycles. The minimum atomic E-state index is -0.135. The van der Waals surface area contributed by atoms with Crippen molar-refractivity contribution in [3.05, 3.63) is 17.8 Å². The van der Waals surface area contributed by atoms with Crippen molar-refractivity contribution in [2.75, 3.05) is 19.6 Å². The molecule has 23 heavy (non-hydrogen) atoms. The van der Waals surface area contributed by atoms with E-state index in [-0.39, 0.29) is 17.7 Å². The molecule has 0 bridgehead atoms. The van der Waals surface area contributed by atoms with Gasteiger partial charge in [0.25, 0.3) is 5.91 Å². The number of amides is 2. The van der Waals surface area contributed by atoms with Crippen LogP contribution >= 0.6 is 0 Å². The normalized spacial score (nSPS) is 24.5. The van der Waals surface area contributed by atoms with Crippen LogP contribution in [0.2, 0.25) is 0 Å². The van der Waals surface area contributed by atoms with Crippen LogP contribution < -0.4 is 5.32 Å². The third-order valence-corrected chi connectivity index (χ3v) is 5.00. The summed E-state index contributed by atoms with van der Waals surface area (Å²) < 4.78 is 5.60. The second-order valence-corrected chi connectivity index (χ2v) is 7.12. The zero-order chi connectivity index (χ0) is 15.8. The van der Waals surface area contributed by atoms with Crippen LogP contribution in [0.1, 0.15) is 60.9 Å². The smallest absolute Gasteiger partial charge is 0.291 e. The van der Waals surface area contributed by atoms with Crippen molar-refractivity contribution in [1.82, 2.24) is 15.2 Å². The van der Waals surface area contributed by atoms with E-state index in [4.69, 9.17) is 4.42 Å². The monoisotopic (exact) mass is 317 g/mol. The molecular weight excluding hydrogens is 294 g/mol. The van der Waals surface area contributed by atoms with E-state index in [2.05, 4.69) is 10.3 Å². The maximum absolute atomic E-state index is 12.6. The van der Waals surface area contributed by atoms with Crippen LogP contribution in [0.5, 0.6) is 0 Å². The molecule has 1 atom stereocenters. The molecule has 3 aliphatic rings. The van der Waals surface area contributed by atoms with E-state index in [1.807, 2.05) is 0 Å². The average molecular weight is 317 g/mol. The van der Waals surface area contributed by atoms with Crippen molar-refractivity contribution in [1.29, 1.82) is 0 Å². The van der Waals surface area contributed by atoms with Crippen molar-refractivity contribution in [3.8, 4) is 0 Å². The molecular formula is C17H23N3O3. The van der Waals surface area contributed by atoms with Gasteiger partial charge in [0.15, 0.2) is 5.89 Å². The zero-order valence-corrected chi connectivity index (χ0v) is 13.3. The van der Waals surface area contributed by atoms with Crippen LogP contribution in [0.4, 0.5) is 0 Å². The van der Waals surface area contributed by atoms with E-state index in [9.17, 15) is 9.59 Å². The van der Waals surface area contributed by atoms with Crippen molar-refractivity contribution in [3.63, 3.8) is 0 Å². The van der Waals surface area contributed by atoms with Crippen molar-refractivity contribution >= 4 is 11.8 Å². The Morgan fingerprint density at radius 3 is 2.83 bits per heavy atom. The number of oxazole rings is 1. The van der Waals surface area contributed by atoms with Gasteiger partial charge in [-0.05, 0) is 44.4 Å². The lowest BCUT2D eigenvalue weighted by molar-refractivity contribution is -0.126. The van der Waals surface area contributed by atoms with Gasteiger partial charge in [0, 0.05) is 25.6 Å². The number of hydrogen-bond donors (Lipinski definition) is 1. The van der Waals surface area contributed by atoms with Crippen LogP contribution in [0.3, 0.4) is 0 Å². The minimum absolute atomic E-state index is 0.0886. The van der Waals surface area contributed by atoms with Gasteiger partial charge in [0.1, 0.15) is 0 Å². The molecule has 6 nitrogen and oxygen atoms in total. The number of carbonyl (C=O) groups is 2. The molecule has 4 rings (SSSR count). The number of carbonyl (C=O) groups excluding carboxylic acids is 2. The van der Waals surface area contributed by atoms with Crippen LogP contribution in [-0.4, -0.2) is 41.3 Å². The molecule has 2 saturated carbocycles. The molecule has 124 valence electrons. The second kappa shape index (κ2) is 5.98. The summed E-state index contributed by atoms with van der Waals surface area (Å²) in [5, 5.41) is 3.03. The van der Waals surface area contributed by atoms with Gasteiger partial charge in [0.2, 0.25) is 11.7 Å². The first-order valence-corrected chi connectivity index (χ1v) is 8.73. The standard InChI is InChI=1S/C17H23N3O3/c21-15(18-8-11-3-4-11)13-2-1-7-20(10-13)17(22)14-9-19-16(23-14)12-5-6-12/h9,11-13H,1-8,10H2,(H,18,21). The summed E-state index contributed by atoms with van der Waals surface area (Å²) >= 11 is 0. The molecule has 3 fully saturated rings. The van der Waals surface area contributed by atoms with Gasteiger partial charge >= 0.3 is 0 Å². The van der Waals surface area contributed by atoms with Crippen LogP contribution in [0.25, 0.3) is 0 Å². The highest BCUT2D eigenvalue weighted by Gasteiger charge is 2.33. The molecule has 1 saturated heterocycles. The molecule has 1 aromatic heterocycles. The van der Waals surface area contributed by atoms with Gasteiger partial charge in [-0.1, -0.05) is 0 Å². The van der Waals surface area contributed by atoms with E-state index < -0.39 is 0 Å². The topological polar surface area (TPSA) is 75.4 Å². The quantitative estimate of drug-likeness (QED) is 0.900. The van der Waals surface area contributed by atoms with E-state index in [0.717, 1.165) is 32.2 Å². The summed E-state index contributed by atoms with van der Waals surface area (Å²) in [6, 6.07) is 0. The molecule has 0 spiro atoms. The predicted molar refractivity (Wildman–Crippen MR) is 82.8 cm³/mol. The Morgan fingerprint density at radius 2 is 2.09 bits per heavy atom. The molecule has 1 aromatic rings. The molecule has 2 amide bonds. The summed E-state index contributed by atoms with van der Waals surface area (Å²) in [5.41, 5.74) is 0. The Hall–Kier alpha value is -1.85. The van der Waals surface area contributed by atoms with E-state index in [1.165, 1.54) is 19.0 Å². The molecule has 2 heterocycles. The number of likely N-dealkylation sites (tertiary alicyclic amines) is 1. The lowest BCUT2D eigenvalue weighted by atomic mass is 9.97. The Bertz CT molecular complexity index is 604. The highest BCUT2D eigenvalue weighted by molar-refractivity contribution is 5.92. The third-order valence-electron chi connectivity index (χ3n) is 5.00. The van der Waals surface area contributed by atoms with Crippen molar-refractivity contribution in [2.45, 2.75) is 44.4 Å². The fourth-order valence-corrected chi connectivity index (χ4v) is 3.15. The molecule has 0 radical (unpaired) electrons. The SMILES string of the molecule is O=C(NCC1CC1)C1CCCN(C(=O)c2cnc(C3CC3)o2)C1. The van der Waals surface area contributed by atoms with Gasteiger partial charge in [-0.2, -0.15) is 0 Å². The highest BCUT2D eigenvalue weighted by Crippen LogP contribution is 2.39. The Kier molecular flexibility index (Phi) is 3.83. The molecule has 1 aliphatic heterocycles. The average Bonchev–Trinajstić information content (AvgIpc) is 3.51. The number of hydrogen-bond acceptors (Lipinski definition) is 4. The van der Waals surface area contributed by atoms with Gasteiger partial charge in [-0.25, -0.2) is 4.98 Å². The fourth-order valence-electron chi connectivity index (χ4n) is 3.15. The molecule has 6 heteroatoms. The second-order valence-electron chi connectivity index (χ2n) is 7.12. The summed E-state index contributed by atoms with van der Waals surface area (Å²) in [6.45, 7) is 1.95. The zero-order valence-electron chi connectivity index (χ0n) is 13.3. The largest absolute Gasteiger partial charge is 0.435 e. The first-order valence-electron chi connectivity index (χ1n) is 8.73. The van der Waals surface area contributed by atoms with Crippen molar-refractivity contribution < 1.29 is 14.0 Å². The third kappa shape index (κ3) is 3.41. The number of nitrogens with one attached hydrogen (secondary N) is 1. The number of rotatable bonds is 5. The maximum atomic E-state index is 12.6. The Labute approximate surface area is 135 Å². The number of piperidine rings is 1. The summed E-state index contributed by atoms with van der Waals surface area (Å²) in [7, 11) is 0. The first kappa shape index (κ1) is 14.7. The lowest BCUT2D eigenvalue weighted by Gasteiger charge is -2.31. The summed E-state index contributed by atoms with van der Waals surface area (Å²) in [4.78, 5) is 30.8. The lowest BCUT2D eigenvalue weighted by Crippen LogP contribution is -2.45. The Balaban J connectivity index is 1.35. The highest BCUT2D eigenvalue weighted by atomic mass is 16.4. The van der Waals surface area contributed by atoms with Gasteiger partial charge in [0.05, 0.1) is 12.1 Å². The van der Waals surface area contributed by atoms with Gasteiger partial charge in [-0.3, -0.25) is 9.59 Å². The molecule has 1 N–H and O–H groups in total. The van der Waals surface area contributed by atoms with Crippen LogP contribution in [0, 0.1) is 11.8 Å². The Morgan fingerprint density at radius 1 is 1.26 bits per heavy atom. The first-order chi connectivity index (χ1) is 11.2. The van der Waals surface area contributed by atoms with E-state index >= 15 is 0 Å². The minimum Gasteiger partial charge on any atom is -0.435 e. The number of nitrogens with zero attached hydrogens (tertiary/aromatic N) is 2. The van der Waals surface area contributed by atoms with E-state index in [0.29, 0.717) is 36.6 Å². The fraction of sp³-hybridized carbons (Fsp3) is 0.706. The predicted octanol–water partition coefficient (Wildman–Crippen LogP) is 1.93. The molecule has 1 unspecified atom stereocenters. The van der Waals surface area contributed by atoms with E-state index in [1.54, 1.807) is 4.90 Å². The van der Waals surface area contributed by atoms with Crippen LogP contribution in [-0.2, 0) is 4.79 Å².